The van der Waals surface area contributed by atoms with Crippen molar-refractivity contribution in [2.24, 2.45) is 5.41 Å². The summed E-state index contributed by atoms with van der Waals surface area (Å²) in [5.74, 6) is -0.792. The van der Waals surface area contributed by atoms with Gasteiger partial charge in [-0.25, -0.2) is 10.5 Å². The summed E-state index contributed by atoms with van der Waals surface area (Å²) in [6, 6.07) is 7.76. The van der Waals surface area contributed by atoms with E-state index >= 15 is 0 Å². The topological polar surface area (TPSA) is 144 Å². The second-order valence-electron chi connectivity index (χ2n) is 10.0. The van der Waals surface area contributed by atoms with Crippen molar-refractivity contribution in [2.75, 3.05) is 33.2 Å². The van der Waals surface area contributed by atoms with Crippen LogP contribution in [0, 0.1) is 5.41 Å². The summed E-state index contributed by atoms with van der Waals surface area (Å²) in [6.45, 7) is 3.36. The van der Waals surface area contributed by atoms with E-state index in [-0.39, 0.29) is 31.2 Å². The van der Waals surface area contributed by atoms with Gasteiger partial charge in [0.15, 0.2) is 0 Å². The number of fused-ring (bicyclic) bond motifs is 1. The number of hydrogen-bond donors (Lipinski definition) is 4. The van der Waals surface area contributed by atoms with Crippen LogP contribution in [0.15, 0.2) is 35.8 Å². The number of rotatable bonds is 8. The van der Waals surface area contributed by atoms with Crippen LogP contribution in [0.25, 0.3) is 11.3 Å². The summed E-state index contributed by atoms with van der Waals surface area (Å²) in [5.41, 5.74) is 4.93. The predicted octanol–water partition coefficient (Wildman–Crippen LogP) is 1.15. The number of nitrogens with zero attached hydrogens (tertiary/aromatic N) is 4. The molecule has 3 aromatic rings. The Morgan fingerprint density at radius 1 is 1.13 bits per heavy atom. The molecule has 5 rings (SSSR count). The van der Waals surface area contributed by atoms with Crippen LogP contribution in [0.5, 0.6) is 0 Å². The summed E-state index contributed by atoms with van der Waals surface area (Å²) >= 11 is 1.41. The monoisotopic (exact) mass is 537 g/mol. The number of piperazine rings is 1. The van der Waals surface area contributed by atoms with E-state index in [0.717, 1.165) is 29.8 Å². The summed E-state index contributed by atoms with van der Waals surface area (Å²) < 4.78 is 0. The van der Waals surface area contributed by atoms with E-state index in [1.165, 1.54) is 11.3 Å². The number of carbonyl (C=O) groups is 3. The number of H-pyrrole nitrogens is 1. The number of benzene rings is 1. The van der Waals surface area contributed by atoms with Gasteiger partial charge in [0.05, 0.1) is 36.0 Å². The Bertz CT molecular complexity index is 1300. The first-order valence-corrected chi connectivity index (χ1v) is 13.5. The Morgan fingerprint density at radius 2 is 1.84 bits per heavy atom. The minimum atomic E-state index is -0.974. The van der Waals surface area contributed by atoms with E-state index < -0.39 is 11.3 Å². The summed E-state index contributed by atoms with van der Waals surface area (Å²) in [5, 5.41) is 21.7. The van der Waals surface area contributed by atoms with E-state index in [0.29, 0.717) is 42.3 Å². The normalized spacial score (nSPS) is 16.7. The molecular weight excluding hydrogens is 506 g/mol. The third kappa shape index (κ3) is 5.47. The van der Waals surface area contributed by atoms with Crippen molar-refractivity contribution in [3.8, 4) is 11.3 Å². The van der Waals surface area contributed by atoms with E-state index in [1.54, 1.807) is 11.7 Å². The minimum absolute atomic E-state index is 0.0566. The SMILES string of the molecule is CN1CCN(C(=O)Cc2[nH]ncc2-c2csc(CNC(=O)C3(CC(=O)NO)Cc4ccccc4C3)n2)CC1. The first kappa shape index (κ1) is 26.0. The quantitative estimate of drug-likeness (QED) is 0.249. The van der Waals surface area contributed by atoms with E-state index in [9.17, 15) is 14.4 Å². The molecule has 0 bridgehead atoms. The Morgan fingerprint density at radius 3 is 2.53 bits per heavy atom. The highest BCUT2D eigenvalue weighted by atomic mass is 32.1. The van der Waals surface area contributed by atoms with Gasteiger partial charge in [-0.2, -0.15) is 5.10 Å². The number of hydrogen-bond acceptors (Lipinski definition) is 8. The van der Waals surface area contributed by atoms with Crippen molar-refractivity contribution < 1.29 is 19.6 Å². The number of aromatic amines is 1. The number of amides is 3. The molecule has 12 heteroatoms. The smallest absolute Gasteiger partial charge is 0.244 e. The molecule has 2 aromatic heterocycles. The zero-order chi connectivity index (χ0) is 26.7. The fourth-order valence-corrected chi connectivity index (χ4v) is 5.99. The number of likely N-dealkylation sites (N-methyl/N-ethyl adjacent to an activating group) is 1. The van der Waals surface area contributed by atoms with Gasteiger partial charge in [-0.3, -0.25) is 24.7 Å². The Kier molecular flexibility index (Phi) is 7.54. The Balaban J connectivity index is 1.24. The van der Waals surface area contributed by atoms with Gasteiger partial charge < -0.3 is 15.1 Å². The van der Waals surface area contributed by atoms with Gasteiger partial charge >= 0.3 is 0 Å². The lowest BCUT2D eigenvalue weighted by molar-refractivity contribution is -0.139. The van der Waals surface area contributed by atoms with Crippen LogP contribution in [-0.2, 0) is 40.2 Å². The van der Waals surface area contributed by atoms with Crippen LogP contribution >= 0.6 is 11.3 Å². The highest BCUT2D eigenvalue weighted by Gasteiger charge is 2.45. The van der Waals surface area contributed by atoms with Crippen LogP contribution in [0.4, 0.5) is 0 Å². The van der Waals surface area contributed by atoms with Crippen LogP contribution in [0.3, 0.4) is 0 Å². The highest BCUT2D eigenvalue weighted by molar-refractivity contribution is 7.09. The Hall–Kier alpha value is -3.61. The summed E-state index contributed by atoms with van der Waals surface area (Å²) in [6.07, 6.45) is 2.62. The molecule has 1 fully saturated rings. The fourth-order valence-electron chi connectivity index (χ4n) is 5.25. The molecule has 200 valence electrons. The van der Waals surface area contributed by atoms with Gasteiger partial charge in [0.25, 0.3) is 0 Å². The number of thiazole rings is 1. The molecule has 2 aliphatic rings. The fraction of sp³-hybridized carbons (Fsp3) is 0.423. The van der Waals surface area contributed by atoms with Crippen LogP contribution in [-0.4, -0.2) is 81.1 Å². The lowest BCUT2D eigenvalue weighted by Crippen LogP contribution is -2.47. The van der Waals surface area contributed by atoms with Crippen LogP contribution in [0.2, 0.25) is 0 Å². The molecule has 0 spiro atoms. The lowest BCUT2D eigenvalue weighted by atomic mass is 9.80. The maximum atomic E-state index is 13.4. The average molecular weight is 538 g/mol. The molecular formula is C26H31N7O4S. The lowest BCUT2D eigenvalue weighted by Gasteiger charge is -2.32. The van der Waals surface area contributed by atoms with Gasteiger partial charge in [-0.15, -0.1) is 11.3 Å². The van der Waals surface area contributed by atoms with E-state index in [1.807, 2.05) is 34.5 Å². The molecule has 11 nitrogen and oxygen atoms in total. The zero-order valence-corrected chi connectivity index (χ0v) is 22.0. The standard InChI is InChI=1S/C26H31N7O4S/c1-32-6-8-33(9-7-32)24(35)10-20-19(14-28-30-20)21-16-38-23(29-21)15-27-25(36)26(13-22(34)31-37)11-17-4-2-3-5-18(17)12-26/h2-5,14,16,37H,6-13,15H2,1H3,(H,27,36)(H,28,30)(H,31,34). The van der Waals surface area contributed by atoms with Crippen molar-refractivity contribution in [1.82, 2.24) is 35.8 Å². The molecule has 4 N–H and O–H groups in total. The molecule has 0 saturated carbocycles. The first-order chi connectivity index (χ1) is 18.4. The van der Waals surface area contributed by atoms with Crippen LogP contribution in [0.1, 0.15) is 28.2 Å². The summed E-state index contributed by atoms with van der Waals surface area (Å²) in [4.78, 5) is 47.0. The molecule has 3 amide bonds. The molecule has 1 aliphatic heterocycles. The molecule has 1 aliphatic carbocycles. The van der Waals surface area contributed by atoms with Gasteiger partial charge in [0.1, 0.15) is 5.01 Å². The van der Waals surface area contributed by atoms with Crippen molar-refractivity contribution >= 4 is 29.1 Å². The number of hydroxylamine groups is 1. The van der Waals surface area contributed by atoms with Crippen molar-refractivity contribution in [1.29, 1.82) is 0 Å². The van der Waals surface area contributed by atoms with E-state index in [4.69, 9.17) is 5.21 Å². The second-order valence-corrected chi connectivity index (χ2v) is 11.0. The largest absolute Gasteiger partial charge is 0.349 e. The summed E-state index contributed by atoms with van der Waals surface area (Å²) in [7, 11) is 2.05. The molecule has 3 heterocycles. The number of aromatic nitrogens is 3. The van der Waals surface area contributed by atoms with E-state index in [2.05, 4.69) is 32.4 Å². The van der Waals surface area contributed by atoms with Crippen molar-refractivity contribution in [3.63, 3.8) is 0 Å². The number of carbonyl (C=O) groups excluding carboxylic acids is 3. The third-order valence-corrected chi connectivity index (χ3v) is 8.26. The number of nitrogens with one attached hydrogen (secondary N) is 3. The molecule has 1 saturated heterocycles. The zero-order valence-electron chi connectivity index (χ0n) is 21.2. The Labute approximate surface area is 224 Å². The molecule has 38 heavy (non-hydrogen) atoms. The second kappa shape index (κ2) is 11.0. The van der Waals surface area contributed by atoms with Crippen LogP contribution < -0.4 is 10.8 Å². The molecule has 0 unspecified atom stereocenters. The first-order valence-electron chi connectivity index (χ1n) is 12.6. The third-order valence-electron chi connectivity index (χ3n) is 7.41. The maximum absolute atomic E-state index is 13.4. The highest BCUT2D eigenvalue weighted by Crippen LogP contribution is 2.40. The molecule has 0 atom stereocenters. The van der Waals surface area contributed by atoms with Gasteiger partial charge in [0.2, 0.25) is 17.7 Å². The molecule has 1 aromatic carbocycles. The van der Waals surface area contributed by atoms with Gasteiger partial charge in [0, 0.05) is 43.5 Å². The van der Waals surface area contributed by atoms with Crippen molar-refractivity contribution in [2.45, 2.75) is 32.2 Å². The van der Waals surface area contributed by atoms with Crippen molar-refractivity contribution in [3.05, 3.63) is 57.7 Å². The average Bonchev–Trinajstić information content (AvgIpc) is 3.66. The predicted molar refractivity (Wildman–Crippen MR) is 140 cm³/mol. The minimum Gasteiger partial charge on any atom is -0.349 e. The maximum Gasteiger partial charge on any atom is 0.244 e. The molecule has 0 radical (unpaired) electrons. The van der Waals surface area contributed by atoms with Gasteiger partial charge in [-0.05, 0) is 31.0 Å². The van der Waals surface area contributed by atoms with Gasteiger partial charge in [-0.1, -0.05) is 24.3 Å².